The largest absolute Gasteiger partial charge is 0.409 e. The van der Waals surface area contributed by atoms with Gasteiger partial charge in [0.15, 0.2) is 5.84 Å². The number of hydrogen-bond donors (Lipinski definition) is 2. The van der Waals surface area contributed by atoms with Crippen molar-refractivity contribution in [3.8, 4) is 0 Å². The fourth-order valence-electron chi connectivity index (χ4n) is 1.57. The van der Waals surface area contributed by atoms with Gasteiger partial charge >= 0.3 is 0 Å². The van der Waals surface area contributed by atoms with Crippen molar-refractivity contribution < 1.29 is 5.21 Å². The van der Waals surface area contributed by atoms with Crippen molar-refractivity contribution in [3.63, 3.8) is 0 Å². The van der Waals surface area contributed by atoms with Crippen LogP contribution in [0.2, 0.25) is 0 Å². The second kappa shape index (κ2) is 7.24. The van der Waals surface area contributed by atoms with Crippen LogP contribution < -0.4 is 5.73 Å². The molecular weight excluding hydrogens is 222 g/mol. The number of hydrogen-bond acceptors (Lipinski definition) is 4. The van der Waals surface area contributed by atoms with Crippen LogP contribution in [0.15, 0.2) is 22.0 Å². The van der Waals surface area contributed by atoms with Gasteiger partial charge in [0.25, 0.3) is 0 Å². The van der Waals surface area contributed by atoms with Gasteiger partial charge in [0.2, 0.25) is 0 Å². The highest BCUT2D eigenvalue weighted by atomic mass is 32.1. The lowest BCUT2D eigenvalue weighted by atomic mass is 10.2. The zero-order chi connectivity index (χ0) is 11.8. The molecule has 0 bridgehead atoms. The van der Waals surface area contributed by atoms with Crippen molar-refractivity contribution in [1.82, 2.24) is 4.90 Å². The molecule has 0 aromatic carbocycles. The summed E-state index contributed by atoms with van der Waals surface area (Å²) < 4.78 is 0. The highest BCUT2D eigenvalue weighted by Crippen LogP contribution is 2.07. The Labute approximate surface area is 100 Å². The Morgan fingerprint density at radius 2 is 2.38 bits per heavy atom. The summed E-state index contributed by atoms with van der Waals surface area (Å²) in [5.74, 6) is 0.277. The topological polar surface area (TPSA) is 61.8 Å². The Morgan fingerprint density at radius 3 is 2.94 bits per heavy atom. The van der Waals surface area contributed by atoms with Gasteiger partial charge in [-0.25, -0.2) is 0 Å². The SMILES string of the molecule is CCCN(CCc1ccsc1)CC(N)=NO. The number of nitrogens with zero attached hydrogens (tertiary/aromatic N) is 2. The zero-order valence-electron chi connectivity index (χ0n) is 9.59. The summed E-state index contributed by atoms with van der Waals surface area (Å²) >= 11 is 1.72. The molecule has 0 spiro atoms. The second-order valence-corrected chi connectivity index (χ2v) is 4.53. The van der Waals surface area contributed by atoms with Gasteiger partial charge in [-0.15, -0.1) is 0 Å². The Balaban J connectivity index is 2.38. The van der Waals surface area contributed by atoms with E-state index in [1.54, 1.807) is 11.3 Å². The van der Waals surface area contributed by atoms with E-state index in [1.807, 2.05) is 0 Å². The monoisotopic (exact) mass is 241 g/mol. The predicted octanol–water partition coefficient (Wildman–Crippen LogP) is 1.75. The quantitative estimate of drug-likeness (QED) is 0.331. The van der Waals surface area contributed by atoms with Crippen LogP contribution >= 0.6 is 11.3 Å². The number of oxime groups is 1. The van der Waals surface area contributed by atoms with E-state index < -0.39 is 0 Å². The molecule has 1 aromatic heterocycles. The first kappa shape index (κ1) is 13.0. The van der Waals surface area contributed by atoms with Gasteiger partial charge in [0, 0.05) is 6.54 Å². The molecule has 5 heteroatoms. The Bertz CT molecular complexity index is 311. The third-order valence-electron chi connectivity index (χ3n) is 2.35. The van der Waals surface area contributed by atoms with Gasteiger partial charge in [-0.2, -0.15) is 11.3 Å². The van der Waals surface area contributed by atoms with Crippen molar-refractivity contribution in [1.29, 1.82) is 0 Å². The average Bonchev–Trinajstić information content (AvgIpc) is 2.79. The zero-order valence-corrected chi connectivity index (χ0v) is 10.4. The normalized spacial score (nSPS) is 12.2. The molecule has 0 saturated heterocycles. The lowest BCUT2D eigenvalue weighted by molar-refractivity contribution is 0.293. The van der Waals surface area contributed by atoms with E-state index in [0.29, 0.717) is 6.54 Å². The van der Waals surface area contributed by atoms with Gasteiger partial charge in [-0.05, 0) is 41.8 Å². The van der Waals surface area contributed by atoms with Crippen molar-refractivity contribution in [2.75, 3.05) is 19.6 Å². The lowest BCUT2D eigenvalue weighted by Crippen LogP contribution is -2.35. The molecule has 1 rings (SSSR count). The van der Waals surface area contributed by atoms with Crippen LogP contribution in [-0.4, -0.2) is 35.6 Å². The minimum atomic E-state index is 0.277. The first-order valence-electron chi connectivity index (χ1n) is 5.46. The molecule has 0 aliphatic heterocycles. The standard InChI is InChI=1S/C11H19N3OS/c1-2-5-14(8-11(12)13-15)6-3-10-4-7-16-9-10/h4,7,9,15H,2-3,5-6,8H2,1H3,(H2,12,13). The Hall–Kier alpha value is -1.07. The highest BCUT2D eigenvalue weighted by molar-refractivity contribution is 7.07. The fraction of sp³-hybridized carbons (Fsp3) is 0.545. The maximum absolute atomic E-state index is 8.54. The molecule has 0 aliphatic carbocycles. The molecule has 16 heavy (non-hydrogen) atoms. The van der Waals surface area contributed by atoms with E-state index in [9.17, 15) is 0 Å². The molecule has 0 saturated carbocycles. The maximum atomic E-state index is 8.54. The number of amidine groups is 1. The Kier molecular flexibility index (Phi) is 5.88. The van der Waals surface area contributed by atoms with Crippen LogP contribution in [0.4, 0.5) is 0 Å². The van der Waals surface area contributed by atoms with E-state index in [1.165, 1.54) is 5.56 Å². The highest BCUT2D eigenvalue weighted by Gasteiger charge is 2.06. The first-order chi connectivity index (χ1) is 7.76. The molecule has 0 aliphatic rings. The molecule has 0 amide bonds. The number of nitrogens with two attached hydrogens (primary N) is 1. The van der Waals surface area contributed by atoms with Gasteiger partial charge in [-0.1, -0.05) is 12.1 Å². The van der Waals surface area contributed by atoms with Crippen molar-refractivity contribution in [3.05, 3.63) is 22.4 Å². The summed E-state index contributed by atoms with van der Waals surface area (Å²) in [6.07, 6.45) is 2.09. The molecule has 1 aromatic rings. The van der Waals surface area contributed by atoms with Crippen LogP contribution in [0, 0.1) is 0 Å². The molecule has 0 radical (unpaired) electrons. The van der Waals surface area contributed by atoms with Crippen molar-refractivity contribution in [2.24, 2.45) is 10.9 Å². The molecule has 4 nitrogen and oxygen atoms in total. The Morgan fingerprint density at radius 1 is 1.56 bits per heavy atom. The first-order valence-corrected chi connectivity index (χ1v) is 6.40. The predicted molar refractivity (Wildman–Crippen MR) is 68.2 cm³/mol. The summed E-state index contributed by atoms with van der Waals surface area (Å²) in [6.45, 7) is 4.58. The van der Waals surface area contributed by atoms with Crippen molar-refractivity contribution in [2.45, 2.75) is 19.8 Å². The van der Waals surface area contributed by atoms with Crippen LogP contribution in [0.25, 0.3) is 0 Å². The summed E-state index contributed by atoms with van der Waals surface area (Å²) in [5.41, 5.74) is 6.87. The van der Waals surface area contributed by atoms with Crippen LogP contribution in [-0.2, 0) is 6.42 Å². The van der Waals surface area contributed by atoms with Gasteiger partial charge in [0.05, 0.1) is 6.54 Å². The van der Waals surface area contributed by atoms with Gasteiger partial charge in [-0.3, -0.25) is 4.90 Å². The van der Waals surface area contributed by atoms with E-state index in [0.717, 1.165) is 25.9 Å². The molecule has 90 valence electrons. The van der Waals surface area contributed by atoms with Crippen LogP contribution in [0.5, 0.6) is 0 Å². The van der Waals surface area contributed by atoms with E-state index in [4.69, 9.17) is 10.9 Å². The van der Waals surface area contributed by atoms with Crippen LogP contribution in [0.1, 0.15) is 18.9 Å². The third kappa shape index (κ3) is 4.63. The maximum Gasteiger partial charge on any atom is 0.153 e. The van der Waals surface area contributed by atoms with E-state index >= 15 is 0 Å². The molecule has 0 atom stereocenters. The lowest BCUT2D eigenvalue weighted by Gasteiger charge is -2.20. The minimum absolute atomic E-state index is 0.277. The number of rotatable bonds is 7. The molecule has 3 N–H and O–H groups in total. The van der Waals surface area contributed by atoms with E-state index in [2.05, 4.69) is 33.8 Å². The molecule has 0 unspecified atom stereocenters. The average molecular weight is 241 g/mol. The smallest absolute Gasteiger partial charge is 0.153 e. The summed E-state index contributed by atoms with van der Waals surface area (Å²) in [6, 6.07) is 2.14. The van der Waals surface area contributed by atoms with Gasteiger partial charge < -0.3 is 10.9 Å². The number of thiophene rings is 1. The van der Waals surface area contributed by atoms with Crippen molar-refractivity contribution >= 4 is 17.2 Å². The summed E-state index contributed by atoms with van der Waals surface area (Å²) in [5, 5.41) is 15.8. The fourth-order valence-corrected chi connectivity index (χ4v) is 2.27. The summed E-state index contributed by atoms with van der Waals surface area (Å²) in [4.78, 5) is 2.20. The van der Waals surface area contributed by atoms with E-state index in [-0.39, 0.29) is 5.84 Å². The summed E-state index contributed by atoms with van der Waals surface area (Å²) in [7, 11) is 0. The molecule has 1 heterocycles. The molecule has 0 fully saturated rings. The molecular formula is C11H19N3OS. The minimum Gasteiger partial charge on any atom is -0.409 e. The second-order valence-electron chi connectivity index (χ2n) is 3.75. The third-order valence-corrected chi connectivity index (χ3v) is 3.08. The van der Waals surface area contributed by atoms with Gasteiger partial charge in [0.1, 0.15) is 0 Å². The van der Waals surface area contributed by atoms with Crippen LogP contribution in [0.3, 0.4) is 0 Å².